The molecule has 8 rings (SSSR count). The van der Waals surface area contributed by atoms with E-state index in [0.29, 0.717) is 24.1 Å². The molecule has 0 fully saturated rings. The van der Waals surface area contributed by atoms with E-state index in [2.05, 4.69) is 20.1 Å². The number of nitrogens with one attached hydrogen (secondary N) is 4. The van der Waals surface area contributed by atoms with E-state index in [1.165, 1.54) is 123 Å². The molecule has 2 heterocycles. The summed E-state index contributed by atoms with van der Waals surface area (Å²) in [6.07, 6.45) is -9.26. The molecule has 2 atom stereocenters. The fourth-order valence-corrected chi connectivity index (χ4v) is 13.8. The Hall–Kier alpha value is -9.20. The highest BCUT2D eigenvalue weighted by Gasteiger charge is 2.33. The average Bonchev–Trinajstić information content (AvgIpc) is 0.791. The van der Waals surface area contributed by atoms with Gasteiger partial charge in [0.05, 0.1) is 75.6 Å². The monoisotopic (exact) mass is 1330 g/mol. The van der Waals surface area contributed by atoms with Crippen molar-refractivity contribution in [2.75, 3.05) is 33.2 Å². The number of halogens is 6. The summed E-state index contributed by atoms with van der Waals surface area (Å²) < 4.78 is 170. The highest BCUT2D eigenvalue weighted by Crippen LogP contribution is 2.33. The molecule has 0 radical (unpaired) electrons. The van der Waals surface area contributed by atoms with E-state index in [1.807, 2.05) is 12.1 Å². The van der Waals surface area contributed by atoms with Gasteiger partial charge in [0.2, 0.25) is 20.0 Å². The van der Waals surface area contributed by atoms with Crippen molar-refractivity contribution < 1.29 is 61.2 Å². The van der Waals surface area contributed by atoms with Gasteiger partial charge in [0.1, 0.15) is 11.1 Å². The predicted octanol–water partition coefficient (Wildman–Crippen LogP) is 8.16. The number of sulfonamides is 2. The van der Waals surface area contributed by atoms with Gasteiger partial charge in [0, 0.05) is 65.3 Å². The van der Waals surface area contributed by atoms with Gasteiger partial charge in [0.25, 0.3) is 22.9 Å². The zero-order valence-electron chi connectivity index (χ0n) is 48.2. The van der Waals surface area contributed by atoms with Crippen molar-refractivity contribution in [2.24, 2.45) is 0 Å². The number of rotatable bonds is 23. The van der Waals surface area contributed by atoms with Gasteiger partial charge in [0.15, 0.2) is 0 Å². The van der Waals surface area contributed by atoms with Crippen molar-refractivity contribution in [2.45, 2.75) is 75.1 Å². The molecule has 2 aromatic heterocycles. The predicted molar refractivity (Wildman–Crippen MR) is 323 cm³/mol. The molecule has 2 unspecified atom stereocenters. The van der Waals surface area contributed by atoms with Crippen molar-refractivity contribution in [3.05, 3.63) is 234 Å². The Balaban J connectivity index is 0.826. The second kappa shape index (κ2) is 28.3. The lowest BCUT2D eigenvalue weighted by molar-refractivity contribution is -0.138. The van der Waals surface area contributed by atoms with Crippen LogP contribution in [0.1, 0.15) is 71.9 Å². The summed E-state index contributed by atoms with van der Waals surface area (Å²) in [5, 5.41) is 23.6. The number of alkyl halides is 6. The standard InChI is InChI=1S/C62H53F6N9O10S4/c1-39-55(88(82)49-19-11-41(35-69)12-20-49)33-53(59(80)76(39)47-9-4-7-45(31-47)61(63,64)65)57(78)71-37-43-15-23-51(24-16-43)90(84,85)73-27-6-29-75(3)30-28-74-91(86,87)52-25-17-44(18-26-52)38-72-58(79)54-34-56(89(83)50-21-13-42(36-70)14-22-50)40(2)77(60(54)81)48-10-5-8-46(32-48)62(66,67)68/h4-5,7-26,31-34,73-74H,6,27-30,37-38H2,1-3H3,(H,71,78)(H,72,79). The second-order valence-corrected chi connectivity index (χ2v) is 26.7. The Kier molecular flexibility index (Phi) is 21.1. The summed E-state index contributed by atoms with van der Waals surface area (Å²) in [5.41, 5.74) is -4.50. The van der Waals surface area contributed by atoms with Gasteiger partial charge in [-0.1, -0.05) is 36.4 Å². The molecule has 29 heteroatoms. The smallest absolute Gasteiger partial charge is 0.348 e. The van der Waals surface area contributed by atoms with E-state index in [1.54, 1.807) is 11.9 Å². The molecule has 6 aromatic carbocycles. The number of hydrogen-bond donors (Lipinski definition) is 4. The number of carbonyl (C=O) groups is 2. The largest absolute Gasteiger partial charge is 0.416 e. The van der Waals surface area contributed by atoms with Crippen LogP contribution >= 0.6 is 0 Å². The molecule has 0 aliphatic rings. The third-order valence-corrected chi connectivity index (χ3v) is 20.1. The molecule has 0 bridgehead atoms. The van der Waals surface area contributed by atoms with Gasteiger partial charge in [-0.2, -0.15) is 36.9 Å². The number of nitriles is 2. The van der Waals surface area contributed by atoms with Crippen LogP contribution in [0.15, 0.2) is 197 Å². The molecule has 8 aromatic rings. The molecule has 0 spiro atoms. The lowest BCUT2D eigenvalue weighted by atomic mass is 10.1. The van der Waals surface area contributed by atoms with Crippen LogP contribution in [0.2, 0.25) is 0 Å². The maximum atomic E-state index is 14.0. The summed E-state index contributed by atoms with van der Waals surface area (Å²) in [5.74, 6) is -1.95. The molecule has 91 heavy (non-hydrogen) atoms. The minimum Gasteiger partial charge on any atom is -0.348 e. The van der Waals surface area contributed by atoms with Gasteiger partial charge in [-0.05, 0) is 166 Å². The number of amides is 2. The van der Waals surface area contributed by atoms with Gasteiger partial charge in [-0.15, -0.1) is 0 Å². The van der Waals surface area contributed by atoms with E-state index in [0.717, 1.165) is 57.7 Å². The second-order valence-electron chi connectivity index (χ2n) is 20.3. The Morgan fingerprint density at radius 1 is 0.538 bits per heavy atom. The summed E-state index contributed by atoms with van der Waals surface area (Å²) in [6, 6.07) is 35.7. The van der Waals surface area contributed by atoms with Crippen molar-refractivity contribution in [3.63, 3.8) is 0 Å². The average molecular weight is 1330 g/mol. The lowest BCUT2D eigenvalue weighted by Crippen LogP contribution is -2.34. The van der Waals surface area contributed by atoms with Crippen LogP contribution in [0, 0.1) is 36.5 Å². The first-order valence-electron chi connectivity index (χ1n) is 27.2. The Morgan fingerprint density at radius 2 is 0.912 bits per heavy atom. The maximum Gasteiger partial charge on any atom is 0.416 e. The molecule has 0 aliphatic carbocycles. The summed E-state index contributed by atoms with van der Waals surface area (Å²) in [7, 11) is -10.6. The number of benzene rings is 6. The minimum absolute atomic E-state index is 0.0136. The summed E-state index contributed by atoms with van der Waals surface area (Å²) in [4.78, 5) is 57.0. The summed E-state index contributed by atoms with van der Waals surface area (Å²) in [6.45, 7) is 2.74. The summed E-state index contributed by atoms with van der Waals surface area (Å²) >= 11 is 0. The third-order valence-electron chi connectivity index (χ3n) is 14.1. The van der Waals surface area contributed by atoms with Crippen molar-refractivity contribution in [1.82, 2.24) is 34.1 Å². The fourth-order valence-electron chi connectivity index (χ4n) is 9.22. The van der Waals surface area contributed by atoms with E-state index in [-0.39, 0.29) is 96.0 Å². The zero-order chi connectivity index (χ0) is 66.2. The topological polar surface area (TPSA) is 279 Å². The lowest BCUT2D eigenvalue weighted by Gasteiger charge is -2.18. The van der Waals surface area contributed by atoms with Crippen LogP contribution in [0.5, 0.6) is 0 Å². The number of nitrogens with zero attached hydrogens (tertiary/aromatic N) is 5. The number of likely N-dealkylation sites (N-methyl/N-ethyl adjacent to an activating group) is 1. The van der Waals surface area contributed by atoms with Crippen LogP contribution in [0.3, 0.4) is 0 Å². The Morgan fingerprint density at radius 3 is 1.27 bits per heavy atom. The zero-order valence-corrected chi connectivity index (χ0v) is 51.4. The quantitative estimate of drug-likeness (QED) is 0.0348. The van der Waals surface area contributed by atoms with Gasteiger partial charge < -0.3 is 15.5 Å². The number of hydrogen-bond acceptors (Lipinski definition) is 13. The minimum atomic E-state index is -4.78. The number of aromatic nitrogens is 2. The molecule has 2 amide bonds. The van der Waals surface area contributed by atoms with Crippen molar-refractivity contribution in [1.29, 1.82) is 10.5 Å². The highest BCUT2D eigenvalue weighted by atomic mass is 32.2. The van der Waals surface area contributed by atoms with Crippen LogP contribution in [-0.4, -0.2) is 84.3 Å². The maximum absolute atomic E-state index is 14.0. The molecule has 0 saturated carbocycles. The van der Waals surface area contributed by atoms with Gasteiger partial charge in [-0.25, -0.2) is 34.7 Å². The molecule has 0 saturated heterocycles. The van der Waals surface area contributed by atoms with E-state index in [4.69, 9.17) is 0 Å². The highest BCUT2D eigenvalue weighted by molar-refractivity contribution is 7.89. The van der Waals surface area contributed by atoms with Crippen LogP contribution in [0.4, 0.5) is 26.3 Å². The first-order valence-corrected chi connectivity index (χ1v) is 32.4. The first kappa shape index (κ1) is 67.7. The molecule has 19 nitrogen and oxygen atoms in total. The molecular formula is C62H53F6N9O10S4. The Labute approximate surface area is 522 Å². The van der Waals surface area contributed by atoms with Gasteiger partial charge in [-0.3, -0.25) is 28.3 Å². The SMILES string of the molecule is Cc1c(S(=O)c2ccc(C#N)cc2)cc(C(=O)NCc2ccc(S(=O)(=O)NCCCN(C)CCNS(=O)(=O)c3ccc(CNC(=O)c4cc(S(=O)c5ccc(C#N)cc5)c(C)n(-c5cccc(C(F)(F)F)c5)c4=O)cc3)cc2)c(=O)n1-c1cccc(C(F)(F)F)c1. The molecule has 4 N–H and O–H groups in total. The molecule has 472 valence electrons. The normalized spacial score (nSPS) is 12.6. The molecular weight excluding hydrogens is 1270 g/mol. The van der Waals surface area contributed by atoms with E-state index >= 15 is 0 Å². The fraction of sp³-hybridized carbons (Fsp3) is 0.194. The Bertz CT molecular complexity index is 4590. The van der Waals surface area contributed by atoms with Crippen molar-refractivity contribution >= 4 is 53.5 Å². The van der Waals surface area contributed by atoms with Crippen molar-refractivity contribution in [3.8, 4) is 23.5 Å². The van der Waals surface area contributed by atoms with Gasteiger partial charge >= 0.3 is 12.4 Å². The van der Waals surface area contributed by atoms with Crippen LogP contribution in [0.25, 0.3) is 11.4 Å². The van der Waals surface area contributed by atoms with E-state index in [9.17, 15) is 81.3 Å². The number of pyridine rings is 2. The third kappa shape index (κ3) is 16.2. The van der Waals surface area contributed by atoms with Crippen LogP contribution in [-0.2, 0) is 67.1 Å². The van der Waals surface area contributed by atoms with Crippen LogP contribution < -0.4 is 31.2 Å². The van der Waals surface area contributed by atoms with E-state index < -0.39 is 99.2 Å². The number of carbonyl (C=O) groups excluding carboxylic acids is 2. The molecule has 0 aliphatic heterocycles. The first-order chi connectivity index (χ1) is 43.0.